The van der Waals surface area contributed by atoms with E-state index in [1.165, 1.54) is 41.7 Å². The molecule has 0 aromatic heterocycles. The number of benzene rings is 2. The van der Waals surface area contributed by atoms with Gasteiger partial charge in [0.15, 0.2) is 6.61 Å². The van der Waals surface area contributed by atoms with E-state index in [-0.39, 0.29) is 10.5 Å². The van der Waals surface area contributed by atoms with E-state index in [2.05, 4.69) is 12.2 Å². The summed E-state index contributed by atoms with van der Waals surface area (Å²) in [6.07, 6.45) is 1.66. The van der Waals surface area contributed by atoms with E-state index < -0.39 is 28.5 Å². The van der Waals surface area contributed by atoms with E-state index >= 15 is 0 Å². The number of methoxy groups -OCH3 is 1. The van der Waals surface area contributed by atoms with E-state index in [0.29, 0.717) is 35.5 Å². The standard InChI is InChI=1S/C22H25ClN2O6S/c1-15-9-11-25(12-10-15)32(28,29)18-6-3-16(4-7-18)22(27)31-14-21(26)24-17-5-8-20(30-2)19(23)13-17/h3-8,13,15H,9-12,14H2,1-2H3,(H,24,26). The van der Waals surface area contributed by atoms with Crippen molar-refractivity contribution in [2.24, 2.45) is 5.92 Å². The minimum Gasteiger partial charge on any atom is -0.495 e. The van der Waals surface area contributed by atoms with Crippen LogP contribution >= 0.6 is 11.6 Å². The zero-order chi connectivity index (χ0) is 23.3. The number of hydrogen-bond acceptors (Lipinski definition) is 6. The molecule has 2 aromatic rings. The first-order valence-electron chi connectivity index (χ1n) is 10.1. The molecule has 1 amide bonds. The van der Waals surface area contributed by atoms with Crippen molar-refractivity contribution >= 4 is 39.2 Å². The topological polar surface area (TPSA) is 102 Å². The number of carbonyl (C=O) groups excluding carboxylic acids is 2. The number of hydrogen-bond donors (Lipinski definition) is 1. The predicted octanol–water partition coefficient (Wildman–Crippen LogP) is 3.56. The lowest BCUT2D eigenvalue weighted by atomic mass is 10.0. The third-order valence-electron chi connectivity index (χ3n) is 5.24. The Labute approximate surface area is 192 Å². The summed E-state index contributed by atoms with van der Waals surface area (Å²) < 4.78 is 37.1. The van der Waals surface area contributed by atoms with Gasteiger partial charge in [0.25, 0.3) is 5.91 Å². The van der Waals surface area contributed by atoms with Gasteiger partial charge in [-0.15, -0.1) is 0 Å². The molecule has 0 atom stereocenters. The summed E-state index contributed by atoms with van der Waals surface area (Å²) in [7, 11) is -2.12. The minimum absolute atomic E-state index is 0.123. The van der Waals surface area contributed by atoms with Gasteiger partial charge in [-0.1, -0.05) is 18.5 Å². The summed E-state index contributed by atoms with van der Waals surface area (Å²) in [6.45, 7) is 2.58. The molecule has 10 heteroatoms. The predicted molar refractivity (Wildman–Crippen MR) is 121 cm³/mol. The first-order valence-corrected chi connectivity index (χ1v) is 11.9. The van der Waals surface area contributed by atoms with Gasteiger partial charge in [0, 0.05) is 18.8 Å². The van der Waals surface area contributed by atoms with Gasteiger partial charge in [0.1, 0.15) is 5.75 Å². The van der Waals surface area contributed by atoms with Crippen LogP contribution in [-0.4, -0.2) is 51.4 Å². The number of sulfonamides is 1. The first kappa shape index (κ1) is 24.0. The average Bonchev–Trinajstić information content (AvgIpc) is 2.78. The monoisotopic (exact) mass is 480 g/mol. The Kier molecular flexibility index (Phi) is 7.76. The zero-order valence-corrected chi connectivity index (χ0v) is 19.4. The number of nitrogens with one attached hydrogen (secondary N) is 1. The van der Waals surface area contributed by atoms with Gasteiger partial charge in [-0.25, -0.2) is 13.2 Å². The highest BCUT2D eigenvalue weighted by molar-refractivity contribution is 7.89. The number of amides is 1. The Morgan fingerprint density at radius 2 is 1.78 bits per heavy atom. The Hall–Kier alpha value is -2.62. The van der Waals surface area contributed by atoms with Crippen LogP contribution in [0.5, 0.6) is 5.75 Å². The molecule has 0 radical (unpaired) electrons. The van der Waals surface area contributed by atoms with E-state index in [1.54, 1.807) is 12.1 Å². The molecule has 1 N–H and O–H groups in total. The number of halogens is 1. The lowest BCUT2D eigenvalue weighted by Gasteiger charge is -2.29. The fourth-order valence-corrected chi connectivity index (χ4v) is 5.02. The van der Waals surface area contributed by atoms with Crippen molar-refractivity contribution in [1.29, 1.82) is 0 Å². The molecule has 0 bridgehead atoms. The van der Waals surface area contributed by atoms with Crippen LogP contribution in [0.15, 0.2) is 47.4 Å². The third-order valence-corrected chi connectivity index (χ3v) is 7.45. The van der Waals surface area contributed by atoms with Crippen LogP contribution in [0.25, 0.3) is 0 Å². The molecule has 0 saturated carbocycles. The van der Waals surface area contributed by atoms with Crippen molar-refractivity contribution < 1.29 is 27.5 Å². The van der Waals surface area contributed by atoms with Gasteiger partial charge in [-0.3, -0.25) is 4.79 Å². The molecule has 1 heterocycles. The summed E-state index contributed by atoms with van der Waals surface area (Å²) in [4.78, 5) is 24.4. The molecule has 0 aliphatic carbocycles. The molecule has 1 saturated heterocycles. The van der Waals surface area contributed by atoms with Crippen LogP contribution in [0, 0.1) is 5.92 Å². The lowest BCUT2D eigenvalue weighted by molar-refractivity contribution is -0.119. The van der Waals surface area contributed by atoms with Crippen LogP contribution in [0.4, 0.5) is 5.69 Å². The fourth-order valence-electron chi connectivity index (χ4n) is 3.29. The Morgan fingerprint density at radius 3 is 2.38 bits per heavy atom. The summed E-state index contributed by atoms with van der Waals surface area (Å²) in [6, 6.07) is 10.2. The molecule has 1 fully saturated rings. The van der Waals surface area contributed by atoms with Crippen molar-refractivity contribution in [3.8, 4) is 5.75 Å². The van der Waals surface area contributed by atoms with Crippen LogP contribution in [-0.2, 0) is 19.6 Å². The Morgan fingerprint density at radius 1 is 1.12 bits per heavy atom. The van der Waals surface area contributed by atoms with E-state index in [9.17, 15) is 18.0 Å². The van der Waals surface area contributed by atoms with Gasteiger partial charge in [0.2, 0.25) is 10.0 Å². The Bertz CT molecular complexity index is 1080. The van der Waals surface area contributed by atoms with Crippen molar-refractivity contribution in [3.63, 3.8) is 0 Å². The zero-order valence-electron chi connectivity index (χ0n) is 17.8. The fraction of sp³-hybridized carbons (Fsp3) is 0.364. The molecule has 2 aromatic carbocycles. The lowest BCUT2D eigenvalue weighted by Crippen LogP contribution is -2.37. The molecule has 1 aliphatic heterocycles. The maximum atomic E-state index is 12.8. The quantitative estimate of drug-likeness (QED) is 0.608. The molecule has 0 unspecified atom stereocenters. The number of nitrogens with zero attached hydrogens (tertiary/aromatic N) is 1. The van der Waals surface area contributed by atoms with Gasteiger partial charge in [0.05, 0.1) is 22.6 Å². The molecule has 1 aliphatic rings. The minimum atomic E-state index is -3.60. The van der Waals surface area contributed by atoms with Crippen LogP contribution in [0.1, 0.15) is 30.1 Å². The molecular weight excluding hydrogens is 456 g/mol. The number of piperidine rings is 1. The second-order valence-electron chi connectivity index (χ2n) is 7.58. The van der Waals surface area contributed by atoms with Gasteiger partial charge in [-0.05, 0) is 61.2 Å². The summed E-state index contributed by atoms with van der Waals surface area (Å²) in [5.41, 5.74) is 0.579. The van der Waals surface area contributed by atoms with Crippen molar-refractivity contribution in [3.05, 3.63) is 53.1 Å². The van der Waals surface area contributed by atoms with E-state index in [4.69, 9.17) is 21.1 Å². The molecule has 172 valence electrons. The summed E-state index contributed by atoms with van der Waals surface area (Å²) in [5, 5.41) is 2.90. The normalized spacial score (nSPS) is 15.2. The van der Waals surface area contributed by atoms with Crippen LogP contribution in [0.3, 0.4) is 0 Å². The van der Waals surface area contributed by atoms with Crippen LogP contribution < -0.4 is 10.1 Å². The second-order valence-corrected chi connectivity index (χ2v) is 9.93. The molecule has 0 spiro atoms. The molecule has 32 heavy (non-hydrogen) atoms. The molecule has 3 rings (SSSR count). The smallest absolute Gasteiger partial charge is 0.338 e. The van der Waals surface area contributed by atoms with Crippen molar-refractivity contribution in [2.75, 3.05) is 32.1 Å². The van der Waals surface area contributed by atoms with Gasteiger partial charge >= 0.3 is 5.97 Å². The number of carbonyl (C=O) groups is 2. The molecule has 8 nitrogen and oxygen atoms in total. The van der Waals surface area contributed by atoms with Crippen molar-refractivity contribution in [1.82, 2.24) is 4.31 Å². The largest absolute Gasteiger partial charge is 0.495 e. The summed E-state index contributed by atoms with van der Waals surface area (Å²) >= 11 is 6.01. The van der Waals surface area contributed by atoms with E-state index in [0.717, 1.165) is 12.8 Å². The maximum Gasteiger partial charge on any atom is 0.338 e. The number of ether oxygens (including phenoxy) is 2. The highest BCUT2D eigenvalue weighted by Gasteiger charge is 2.28. The molecular formula is C22H25ClN2O6S. The number of rotatable bonds is 7. The third kappa shape index (κ3) is 5.79. The maximum absolute atomic E-state index is 12.8. The van der Waals surface area contributed by atoms with Gasteiger partial charge in [-0.2, -0.15) is 4.31 Å². The average molecular weight is 481 g/mol. The first-order chi connectivity index (χ1) is 15.2. The van der Waals surface area contributed by atoms with Gasteiger partial charge < -0.3 is 14.8 Å². The summed E-state index contributed by atoms with van der Waals surface area (Å²) in [5.74, 6) is -0.296. The highest BCUT2D eigenvalue weighted by Crippen LogP contribution is 2.27. The number of anilines is 1. The SMILES string of the molecule is COc1ccc(NC(=O)COC(=O)c2ccc(S(=O)(=O)N3CCC(C)CC3)cc2)cc1Cl. The second kappa shape index (κ2) is 10.3. The Balaban J connectivity index is 1.55. The number of esters is 1. The van der Waals surface area contributed by atoms with Crippen LogP contribution in [0.2, 0.25) is 5.02 Å². The van der Waals surface area contributed by atoms with Crippen molar-refractivity contribution in [2.45, 2.75) is 24.7 Å². The van der Waals surface area contributed by atoms with E-state index in [1.807, 2.05) is 0 Å². The highest BCUT2D eigenvalue weighted by atomic mass is 35.5.